The molecule has 3 rings (SSSR count). The lowest BCUT2D eigenvalue weighted by Gasteiger charge is -2.10. The standard InChI is InChI=1S/C19H25N3OS2/c23-18(9-5-4-8-17-10-15-24-25-17)20-11-13-22-14-12-21-19(22)16-6-2-1-3-7-16/h1-3,6-7,12,14,17H,4-5,8-11,13,15H2,(H,20,23)/t17-/m1/s1. The van der Waals surface area contributed by atoms with E-state index in [1.165, 1.54) is 18.6 Å². The second-order valence-electron chi connectivity index (χ2n) is 6.23. The fourth-order valence-electron chi connectivity index (χ4n) is 2.96. The number of hydrogen-bond donors (Lipinski definition) is 1. The van der Waals surface area contributed by atoms with Gasteiger partial charge in [-0.3, -0.25) is 4.79 Å². The molecule has 0 unspecified atom stereocenters. The maximum atomic E-state index is 12.0. The summed E-state index contributed by atoms with van der Waals surface area (Å²) in [6, 6.07) is 10.1. The van der Waals surface area contributed by atoms with Gasteiger partial charge in [0.05, 0.1) is 0 Å². The first-order valence-electron chi connectivity index (χ1n) is 8.94. The Morgan fingerprint density at radius 2 is 2.16 bits per heavy atom. The molecule has 25 heavy (non-hydrogen) atoms. The minimum atomic E-state index is 0.162. The van der Waals surface area contributed by atoms with Crippen LogP contribution in [0.15, 0.2) is 42.7 Å². The molecule has 0 spiro atoms. The summed E-state index contributed by atoms with van der Waals surface area (Å²) in [7, 11) is 4.01. The number of aromatic nitrogens is 2. The highest BCUT2D eigenvalue weighted by atomic mass is 33.1. The Bertz CT molecular complexity index is 654. The molecular weight excluding hydrogens is 350 g/mol. The van der Waals surface area contributed by atoms with Crippen molar-refractivity contribution in [2.75, 3.05) is 12.3 Å². The van der Waals surface area contributed by atoms with Crippen LogP contribution < -0.4 is 5.32 Å². The molecule has 2 aromatic rings. The molecule has 0 bridgehead atoms. The van der Waals surface area contributed by atoms with Gasteiger partial charge in [0.15, 0.2) is 0 Å². The van der Waals surface area contributed by atoms with Crippen LogP contribution in [0.2, 0.25) is 0 Å². The molecule has 1 aliphatic rings. The van der Waals surface area contributed by atoms with Gasteiger partial charge in [-0.25, -0.2) is 4.98 Å². The summed E-state index contributed by atoms with van der Waals surface area (Å²) in [5.74, 6) is 2.39. The van der Waals surface area contributed by atoms with E-state index < -0.39 is 0 Å². The molecule has 134 valence electrons. The molecule has 1 saturated heterocycles. The van der Waals surface area contributed by atoms with Crippen molar-refractivity contribution in [1.29, 1.82) is 0 Å². The molecule has 1 amide bonds. The van der Waals surface area contributed by atoms with Gasteiger partial charge in [-0.05, 0) is 19.3 Å². The maximum absolute atomic E-state index is 12.0. The number of unbranched alkanes of at least 4 members (excludes halogenated alkanes) is 1. The van der Waals surface area contributed by atoms with Crippen molar-refractivity contribution < 1.29 is 4.79 Å². The van der Waals surface area contributed by atoms with Crippen molar-refractivity contribution >= 4 is 27.5 Å². The van der Waals surface area contributed by atoms with E-state index in [0.29, 0.717) is 13.0 Å². The van der Waals surface area contributed by atoms with Crippen LogP contribution in [-0.4, -0.2) is 33.0 Å². The first-order valence-corrected chi connectivity index (χ1v) is 11.3. The first-order chi connectivity index (χ1) is 12.3. The zero-order chi connectivity index (χ0) is 17.3. The van der Waals surface area contributed by atoms with Crippen LogP contribution in [0.5, 0.6) is 0 Å². The summed E-state index contributed by atoms with van der Waals surface area (Å²) in [4.78, 5) is 16.4. The zero-order valence-electron chi connectivity index (χ0n) is 14.4. The number of carbonyl (C=O) groups is 1. The molecular formula is C19H25N3OS2. The van der Waals surface area contributed by atoms with E-state index in [4.69, 9.17) is 0 Å². The lowest BCUT2D eigenvalue weighted by Crippen LogP contribution is -2.27. The number of carbonyl (C=O) groups excluding carboxylic acids is 1. The minimum absolute atomic E-state index is 0.162. The van der Waals surface area contributed by atoms with Gasteiger partial charge in [0, 0.05) is 48.5 Å². The van der Waals surface area contributed by atoms with Gasteiger partial charge in [0.2, 0.25) is 5.91 Å². The van der Waals surface area contributed by atoms with Crippen LogP contribution >= 0.6 is 21.6 Å². The molecule has 1 fully saturated rings. The normalized spacial score (nSPS) is 16.9. The molecule has 0 saturated carbocycles. The Hall–Kier alpha value is -1.40. The van der Waals surface area contributed by atoms with Crippen LogP contribution in [0.25, 0.3) is 11.4 Å². The van der Waals surface area contributed by atoms with Crippen LogP contribution in [0.4, 0.5) is 0 Å². The summed E-state index contributed by atoms with van der Waals surface area (Å²) in [6.07, 6.45) is 9.14. The van der Waals surface area contributed by atoms with Crippen LogP contribution in [-0.2, 0) is 11.3 Å². The van der Waals surface area contributed by atoms with Crippen molar-refractivity contribution in [3.8, 4) is 11.4 Å². The average Bonchev–Trinajstić information content (AvgIpc) is 3.31. The van der Waals surface area contributed by atoms with E-state index in [0.717, 1.165) is 36.0 Å². The highest BCUT2D eigenvalue weighted by Gasteiger charge is 2.15. The molecule has 4 nitrogen and oxygen atoms in total. The second-order valence-corrected chi connectivity index (χ2v) is 9.02. The number of rotatable bonds is 9. The fourth-order valence-corrected chi connectivity index (χ4v) is 5.99. The minimum Gasteiger partial charge on any atom is -0.354 e. The SMILES string of the molecule is O=C(CCCC[C@@H]1CCSS1)NCCn1ccnc1-c1ccccc1. The third kappa shape index (κ3) is 5.82. The van der Waals surface area contributed by atoms with Crippen LogP contribution in [0.1, 0.15) is 32.1 Å². The molecule has 1 aromatic carbocycles. The third-order valence-corrected chi connectivity index (χ3v) is 7.34. The number of nitrogens with one attached hydrogen (secondary N) is 1. The van der Waals surface area contributed by atoms with Crippen molar-refractivity contribution in [2.45, 2.75) is 43.9 Å². The van der Waals surface area contributed by atoms with Gasteiger partial charge in [0.25, 0.3) is 0 Å². The molecule has 2 heterocycles. The predicted molar refractivity (Wildman–Crippen MR) is 108 cm³/mol. The molecule has 6 heteroatoms. The van der Waals surface area contributed by atoms with E-state index >= 15 is 0 Å². The highest BCUT2D eigenvalue weighted by molar-refractivity contribution is 8.77. The quantitative estimate of drug-likeness (QED) is 0.522. The Balaban J connectivity index is 1.34. The third-order valence-electron chi connectivity index (χ3n) is 4.33. The monoisotopic (exact) mass is 375 g/mol. The van der Waals surface area contributed by atoms with Crippen LogP contribution in [0, 0.1) is 0 Å². The second kappa shape index (κ2) is 9.92. The summed E-state index contributed by atoms with van der Waals surface area (Å²) in [5.41, 5.74) is 1.10. The zero-order valence-corrected chi connectivity index (χ0v) is 16.0. The van der Waals surface area contributed by atoms with E-state index in [1.54, 1.807) is 0 Å². The molecule has 1 aromatic heterocycles. The smallest absolute Gasteiger partial charge is 0.220 e. The van der Waals surface area contributed by atoms with Crippen LogP contribution in [0.3, 0.4) is 0 Å². The van der Waals surface area contributed by atoms with Gasteiger partial charge >= 0.3 is 0 Å². The van der Waals surface area contributed by atoms with Gasteiger partial charge in [-0.15, -0.1) is 0 Å². The lowest BCUT2D eigenvalue weighted by molar-refractivity contribution is -0.121. The molecule has 1 atom stereocenters. The molecule has 0 aliphatic carbocycles. The van der Waals surface area contributed by atoms with Gasteiger partial charge in [-0.2, -0.15) is 0 Å². The highest BCUT2D eigenvalue weighted by Crippen LogP contribution is 2.39. The number of hydrogen-bond acceptors (Lipinski definition) is 4. The fraction of sp³-hybridized carbons (Fsp3) is 0.474. The Labute approximate surface area is 157 Å². The number of nitrogens with zero attached hydrogens (tertiary/aromatic N) is 2. The van der Waals surface area contributed by atoms with Crippen molar-refractivity contribution in [3.05, 3.63) is 42.7 Å². The largest absolute Gasteiger partial charge is 0.354 e. The van der Waals surface area contributed by atoms with Gasteiger partial charge in [0.1, 0.15) is 5.82 Å². The number of benzene rings is 1. The van der Waals surface area contributed by atoms with E-state index in [2.05, 4.69) is 27.0 Å². The molecule has 1 N–H and O–H groups in total. The summed E-state index contributed by atoms with van der Waals surface area (Å²) in [6.45, 7) is 1.38. The number of imidazole rings is 1. The Morgan fingerprint density at radius 1 is 1.28 bits per heavy atom. The van der Waals surface area contributed by atoms with E-state index in [-0.39, 0.29) is 5.91 Å². The average molecular weight is 376 g/mol. The summed E-state index contributed by atoms with van der Waals surface area (Å²) >= 11 is 0. The maximum Gasteiger partial charge on any atom is 0.220 e. The van der Waals surface area contributed by atoms with E-state index in [9.17, 15) is 4.79 Å². The van der Waals surface area contributed by atoms with Crippen molar-refractivity contribution in [3.63, 3.8) is 0 Å². The van der Waals surface area contributed by atoms with Crippen molar-refractivity contribution in [1.82, 2.24) is 14.9 Å². The molecule has 1 aliphatic heterocycles. The molecule has 0 radical (unpaired) electrons. The Kier molecular flexibility index (Phi) is 7.30. The summed E-state index contributed by atoms with van der Waals surface area (Å²) in [5, 5.41) is 3.84. The first kappa shape index (κ1) is 18.4. The Morgan fingerprint density at radius 3 is 2.96 bits per heavy atom. The number of amides is 1. The summed E-state index contributed by atoms with van der Waals surface area (Å²) < 4.78 is 2.09. The lowest BCUT2D eigenvalue weighted by atomic mass is 10.1. The van der Waals surface area contributed by atoms with Gasteiger partial charge < -0.3 is 9.88 Å². The van der Waals surface area contributed by atoms with Crippen molar-refractivity contribution in [2.24, 2.45) is 0 Å². The topological polar surface area (TPSA) is 46.9 Å². The van der Waals surface area contributed by atoms with E-state index in [1.807, 2.05) is 52.2 Å². The van der Waals surface area contributed by atoms with Gasteiger partial charge in [-0.1, -0.05) is 58.3 Å². The predicted octanol–water partition coefficient (Wildman–Crippen LogP) is 4.38.